The first kappa shape index (κ1) is 6.99. The molecular formula is C6H11O3P. The normalized spacial score (nSPS) is 45.3. The van der Waals surface area contributed by atoms with E-state index >= 15 is 0 Å². The van der Waals surface area contributed by atoms with Crippen molar-refractivity contribution in [1.82, 2.24) is 0 Å². The minimum Gasteiger partial charge on any atom is -0.306 e. The van der Waals surface area contributed by atoms with E-state index in [0.717, 1.165) is 0 Å². The summed E-state index contributed by atoms with van der Waals surface area (Å²) in [5.41, 5.74) is 0.0301. The predicted octanol–water partition coefficient (Wildman–Crippen LogP) is 2.03. The summed E-state index contributed by atoms with van der Waals surface area (Å²) in [7, 11) is -0.934. The molecule has 0 saturated carbocycles. The maximum atomic E-state index is 5.42. The maximum absolute atomic E-state index is 5.42. The molecule has 0 aromatic carbocycles. The molecule has 0 amide bonds. The van der Waals surface area contributed by atoms with Gasteiger partial charge in [0.1, 0.15) is 6.61 Å². The van der Waals surface area contributed by atoms with Crippen molar-refractivity contribution in [2.75, 3.05) is 6.61 Å². The molecule has 3 nitrogen and oxygen atoms in total. The van der Waals surface area contributed by atoms with Crippen molar-refractivity contribution in [2.24, 2.45) is 5.41 Å². The van der Waals surface area contributed by atoms with Crippen LogP contribution in [0.3, 0.4) is 0 Å². The molecule has 0 N–H and O–H groups in total. The molecule has 0 atom stereocenters. The fraction of sp³-hybridized carbons (Fsp3) is 1.00. The van der Waals surface area contributed by atoms with Crippen LogP contribution in [0, 0.1) is 5.41 Å². The minimum atomic E-state index is -0.934. The van der Waals surface area contributed by atoms with Crippen LogP contribution in [0.25, 0.3) is 0 Å². The second-order valence-electron chi connectivity index (χ2n) is 3.68. The van der Waals surface area contributed by atoms with Gasteiger partial charge in [0.2, 0.25) is 5.79 Å². The van der Waals surface area contributed by atoms with E-state index in [0.29, 0.717) is 6.61 Å². The molecule has 3 saturated heterocycles. The van der Waals surface area contributed by atoms with Gasteiger partial charge in [-0.1, -0.05) is 20.8 Å². The van der Waals surface area contributed by atoms with E-state index in [2.05, 4.69) is 20.8 Å². The number of fused-ring (bicyclic) bond motifs is 1. The summed E-state index contributed by atoms with van der Waals surface area (Å²) in [4.78, 5) is 0. The molecule has 0 aliphatic carbocycles. The fourth-order valence-corrected chi connectivity index (χ4v) is 2.51. The summed E-state index contributed by atoms with van der Waals surface area (Å²) in [6.07, 6.45) is 0. The van der Waals surface area contributed by atoms with Gasteiger partial charge in [-0.05, 0) is 0 Å². The second kappa shape index (κ2) is 1.72. The standard InChI is InChI=1S/C6H11O3P/c1-5(2,3)6-4-7-10(8-6)9-6/h4H2,1-3H3. The molecule has 0 aromatic rings. The molecule has 3 aliphatic rings. The average Bonchev–Trinajstić information content (AvgIpc) is 2.08. The van der Waals surface area contributed by atoms with Crippen molar-refractivity contribution >= 4 is 8.60 Å². The lowest BCUT2D eigenvalue weighted by Gasteiger charge is -2.43. The summed E-state index contributed by atoms with van der Waals surface area (Å²) >= 11 is 0. The highest BCUT2D eigenvalue weighted by Crippen LogP contribution is 2.69. The zero-order chi connectivity index (χ0) is 7.41. The molecule has 3 heterocycles. The molecule has 0 spiro atoms. The third-order valence-corrected chi connectivity index (χ3v) is 3.17. The zero-order valence-corrected chi connectivity index (χ0v) is 7.27. The Kier molecular flexibility index (Phi) is 1.20. The molecule has 0 aromatic heterocycles. The van der Waals surface area contributed by atoms with Gasteiger partial charge in [-0.15, -0.1) is 0 Å². The first-order chi connectivity index (χ1) is 4.54. The molecule has 3 aliphatic heterocycles. The van der Waals surface area contributed by atoms with Crippen molar-refractivity contribution in [3.63, 3.8) is 0 Å². The monoisotopic (exact) mass is 162 g/mol. The van der Waals surface area contributed by atoms with Crippen LogP contribution in [0.4, 0.5) is 0 Å². The van der Waals surface area contributed by atoms with Crippen LogP contribution in [0.15, 0.2) is 0 Å². The van der Waals surface area contributed by atoms with Crippen molar-refractivity contribution in [2.45, 2.75) is 26.6 Å². The van der Waals surface area contributed by atoms with E-state index in [9.17, 15) is 0 Å². The Morgan fingerprint density at radius 1 is 1.30 bits per heavy atom. The Labute approximate surface area is 61.7 Å². The second-order valence-corrected chi connectivity index (χ2v) is 4.75. The SMILES string of the molecule is CC(C)(C)C12COP(O1)O2. The van der Waals surface area contributed by atoms with E-state index in [1.165, 1.54) is 0 Å². The van der Waals surface area contributed by atoms with Crippen LogP contribution in [-0.2, 0) is 13.6 Å². The Morgan fingerprint density at radius 3 is 2.10 bits per heavy atom. The van der Waals surface area contributed by atoms with E-state index < -0.39 is 14.4 Å². The Morgan fingerprint density at radius 2 is 1.90 bits per heavy atom. The zero-order valence-electron chi connectivity index (χ0n) is 6.38. The fourth-order valence-electron chi connectivity index (χ4n) is 0.981. The van der Waals surface area contributed by atoms with Gasteiger partial charge >= 0.3 is 8.60 Å². The summed E-state index contributed by atoms with van der Waals surface area (Å²) in [6.45, 7) is 6.87. The van der Waals surface area contributed by atoms with Crippen molar-refractivity contribution in [1.29, 1.82) is 0 Å². The van der Waals surface area contributed by atoms with Gasteiger partial charge < -0.3 is 4.52 Å². The molecule has 58 valence electrons. The lowest BCUT2D eigenvalue weighted by Crippen LogP contribution is -2.49. The summed E-state index contributed by atoms with van der Waals surface area (Å²) < 4.78 is 16.0. The Hall–Kier alpha value is 0.310. The quantitative estimate of drug-likeness (QED) is 0.510. The van der Waals surface area contributed by atoms with Crippen LogP contribution in [0.2, 0.25) is 0 Å². The van der Waals surface area contributed by atoms with Crippen molar-refractivity contribution in [3.8, 4) is 0 Å². The van der Waals surface area contributed by atoms with Gasteiger partial charge in [0, 0.05) is 5.41 Å². The first-order valence-corrected chi connectivity index (χ1v) is 4.44. The van der Waals surface area contributed by atoms with Crippen molar-refractivity contribution in [3.05, 3.63) is 0 Å². The first-order valence-electron chi connectivity index (χ1n) is 3.35. The number of hydrogen-bond donors (Lipinski definition) is 0. The lowest BCUT2D eigenvalue weighted by molar-refractivity contribution is -0.215. The Bertz CT molecular complexity index is 151. The van der Waals surface area contributed by atoms with E-state index in [1.807, 2.05) is 0 Å². The van der Waals surface area contributed by atoms with Gasteiger partial charge in [0.25, 0.3) is 0 Å². The van der Waals surface area contributed by atoms with Crippen LogP contribution in [0.1, 0.15) is 20.8 Å². The highest BCUT2D eigenvalue weighted by Gasteiger charge is 2.63. The molecule has 2 bridgehead atoms. The van der Waals surface area contributed by atoms with Gasteiger partial charge in [-0.2, -0.15) is 0 Å². The minimum absolute atomic E-state index is 0.0301. The van der Waals surface area contributed by atoms with Crippen LogP contribution < -0.4 is 0 Å². The molecule has 10 heavy (non-hydrogen) atoms. The van der Waals surface area contributed by atoms with Crippen LogP contribution in [-0.4, -0.2) is 12.4 Å². The Balaban J connectivity index is 2.18. The summed E-state index contributed by atoms with van der Waals surface area (Å²) in [5, 5.41) is 0. The smallest absolute Gasteiger partial charge is 0.306 e. The topological polar surface area (TPSA) is 27.7 Å². The van der Waals surface area contributed by atoms with E-state index in [1.54, 1.807) is 0 Å². The highest BCUT2D eigenvalue weighted by molar-refractivity contribution is 7.43. The predicted molar refractivity (Wildman–Crippen MR) is 37.2 cm³/mol. The molecule has 3 rings (SSSR count). The molecule has 4 heteroatoms. The molecular weight excluding hydrogens is 151 g/mol. The largest absolute Gasteiger partial charge is 0.338 e. The van der Waals surface area contributed by atoms with E-state index in [4.69, 9.17) is 13.6 Å². The summed E-state index contributed by atoms with van der Waals surface area (Å²) in [5.74, 6) is -0.418. The average molecular weight is 162 g/mol. The molecule has 3 fully saturated rings. The third-order valence-electron chi connectivity index (χ3n) is 1.95. The van der Waals surface area contributed by atoms with Crippen LogP contribution in [0.5, 0.6) is 0 Å². The third kappa shape index (κ3) is 0.693. The van der Waals surface area contributed by atoms with Gasteiger partial charge in [0.15, 0.2) is 0 Å². The van der Waals surface area contributed by atoms with Gasteiger partial charge in [0.05, 0.1) is 0 Å². The van der Waals surface area contributed by atoms with Gasteiger partial charge in [-0.25, -0.2) is 0 Å². The number of rotatable bonds is 0. The molecule has 0 radical (unpaired) electrons. The van der Waals surface area contributed by atoms with Gasteiger partial charge in [-0.3, -0.25) is 9.05 Å². The highest BCUT2D eigenvalue weighted by atomic mass is 31.2. The lowest BCUT2D eigenvalue weighted by atomic mass is 9.86. The number of hydrogen-bond acceptors (Lipinski definition) is 3. The van der Waals surface area contributed by atoms with Crippen molar-refractivity contribution < 1.29 is 13.6 Å². The van der Waals surface area contributed by atoms with Crippen LogP contribution >= 0.6 is 8.60 Å². The maximum Gasteiger partial charge on any atom is 0.338 e. The summed E-state index contributed by atoms with van der Waals surface area (Å²) in [6, 6.07) is 0. The van der Waals surface area contributed by atoms with E-state index in [-0.39, 0.29) is 5.41 Å². The molecule has 0 unspecified atom stereocenters.